The molecular formula is C13H12Cl2NS+. The van der Waals surface area contributed by atoms with Crippen molar-refractivity contribution in [3.63, 3.8) is 0 Å². The Bertz CT molecular complexity index is 488. The van der Waals surface area contributed by atoms with Crippen molar-refractivity contribution in [3.8, 4) is 0 Å². The molecule has 0 spiro atoms. The van der Waals surface area contributed by atoms with E-state index in [0.29, 0.717) is 0 Å². The maximum Gasteiger partial charge on any atom is 0.167 e. The van der Waals surface area contributed by atoms with Crippen LogP contribution in [-0.2, 0) is 6.42 Å². The second-order valence-electron chi connectivity index (χ2n) is 3.58. The van der Waals surface area contributed by atoms with Gasteiger partial charge in [-0.25, -0.2) is 4.98 Å². The topological polar surface area (TPSA) is 14.1 Å². The van der Waals surface area contributed by atoms with Crippen LogP contribution in [0.3, 0.4) is 0 Å². The number of aromatic amines is 1. The van der Waals surface area contributed by atoms with Crippen molar-refractivity contribution in [2.24, 2.45) is 0 Å². The number of aromatic nitrogens is 1. The number of H-pyrrole nitrogens is 1. The summed E-state index contributed by atoms with van der Waals surface area (Å²) in [6.07, 6.45) is 4.89. The van der Waals surface area contributed by atoms with Gasteiger partial charge in [0.05, 0.1) is 5.02 Å². The lowest BCUT2D eigenvalue weighted by Crippen LogP contribution is -1.99. The number of pyridine rings is 1. The average Bonchev–Trinajstić information content (AvgIpc) is 2.35. The molecule has 0 radical (unpaired) electrons. The first-order valence-corrected chi connectivity index (χ1v) is 7.03. The largest absolute Gasteiger partial charge is 0.218 e. The van der Waals surface area contributed by atoms with Crippen LogP contribution in [0.5, 0.6) is 0 Å². The Morgan fingerprint density at radius 3 is 2.59 bits per heavy atom. The predicted octanol–water partition coefficient (Wildman–Crippen LogP) is 4.14. The summed E-state index contributed by atoms with van der Waals surface area (Å²) >= 11 is 13.8. The fourth-order valence-electron chi connectivity index (χ4n) is 1.45. The molecule has 0 bridgehead atoms. The quantitative estimate of drug-likeness (QED) is 0.770. The summed E-state index contributed by atoms with van der Waals surface area (Å²) in [6, 6.07) is 9.72. The highest BCUT2D eigenvalue weighted by atomic mass is 35.5. The summed E-state index contributed by atoms with van der Waals surface area (Å²) in [4.78, 5) is 4.06. The third-order valence-electron chi connectivity index (χ3n) is 2.33. The number of halogens is 2. The number of rotatable bonds is 4. The van der Waals surface area contributed by atoms with Gasteiger partial charge in [-0.1, -0.05) is 23.2 Å². The van der Waals surface area contributed by atoms with Gasteiger partial charge in [-0.15, -0.1) is 11.8 Å². The second-order valence-corrected chi connectivity index (χ2v) is 5.56. The summed E-state index contributed by atoms with van der Waals surface area (Å²) in [5.41, 5.74) is 1.31. The van der Waals surface area contributed by atoms with Gasteiger partial charge in [0.25, 0.3) is 0 Å². The Kier molecular flexibility index (Phi) is 4.72. The van der Waals surface area contributed by atoms with E-state index in [4.69, 9.17) is 23.2 Å². The molecule has 17 heavy (non-hydrogen) atoms. The summed E-state index contributed by atoms with van der Waals surface area (Å²) < 4.78 is 0. The zero-order valence-corrected chi connectivity index (χ0v) is 11.4. The van der Waals surface area contributed by atoms with Crippen LogP contribution in [0.25, 0.3) is 0 Å². The lowest BCUT2D eigenvalue weighted by atomic mass is 10.2. The summed E-state index contributed by atoms with van der Waals surface area (Å²) in [5.74, 6) is 0.990. The number of benzene rings is 1. The molecule has 0 saturated heterocycles. The fourth-order valence-corrected chi connectivity index (χ4v) is 2.95. The van der Waals surface area contributed by atoms with Gasteiger partial charge in [0.1, 0.15) is 0 Å². The molecule has 0 amide bonds. The lowest BCUT2D eigenvalue weighted by molar-refractivity contribution is -0.378. The standard InChI is InChI=1S/C13H11Cl2NS/c14-11-1-2-12(15)13(9-11)17-8-5-10-3-6-16-7-4-10/h1-4,6-7,9H,5,8H2/p+1. The number of aryl methyl sites for hydroxylation is 1. The van der Waals surface area contributed by atoms with Crippen molar-refractivity contribution < 1.29 is 4.98 Å². The van der Waals surface area contributed by atoms with Gasteiger partial charge < -0.3 is 0 Å². The lowest BCUT2D eigenvalue weighted by Gasteiger charge is -2.04. The first kappa shape index (κ1) is 12.7. The van der Waals surface area contributed by atoms with Crippen LogP contribution in [0.2, 0.25) is 10.0 Å². The first-order chi connectivity index (χ1) is 8.25. The molecule has 1 nitrogen and oxygen atoms in total. The van der Waals surface area contributed by atoms with Gasteiger partial charge in [-0.2, -0.15) is 0 Å². The summed E-state index contributed by atoms with van der Waals surface area (Å²) in [7, 11) is 0. The van der Waals surface area contributed by atoms with Gasteiger partial charge in [0.15, 0.2) is 12.4 Å². The molecule has 1 heterocycles. The molecule has 0 aliphatic heterocycles. The number of hydrogen-bond donors (Lipinski definition) is 0. The van der Waals surface area contributed by atoms with Gasteiger partial charge in [0.2, 0.25) is 0 Å². The minimum Gasteiger partial charge on any atom is -0.218 e. The SMILES string of the molecule is Clc1ccc(Cl)c(SCCc2cc[nH+]cc2)c1. The molecule has 1 aromatic carbocycles. The first-order valence-electron chi connectivity index (χ1n) is 5.28. The molecular weight excluding hydrogens is 273 g/mol. The van der Waals surface area contributed by atoms with E-state index < -0.39 is 0 Å². The molecule has 1 N–H and O–H groups in total. The third-order valence-corrected chi connectivity index (χ3v) is 4.06. The van der Waals surface area contributed by atoms with Gasteiger partial charge in [-0.3, -0.25) is 0 Å². The smallest absolute Gasteiger partial charge is 0.167 e. The minimum absolute atomic E-state index is 0.728. The van der Waals surface area contributed by atoms with Gasteiger partial charge in [-0.05, 0) is 30.2 Å². The maximum absolute atomic E-state index is 6.09. The van der Waals surface area contributed by atoms with E-state index >= 15 is 0 Å². The van der Waals surface area contributed by atoms with E-state index in [1.54, 1.807) is 17.8 Å². The van der Waals surface area contributed by atoms with Gasteiger partial charge >= 0.3 is 0 Å². The van der Waals surface area contributed by atoms with Crippen LogP contribution >= 0.6 is 35.0 Å². The molecule has 0 aliphatic carbocycles. The van der Waals surface area contributed by atoms with E-state index in [-0.39, 0.29) is 0 Å². The average molecular weight is 285 g/mol. The maximum atomic E-state index is 6.09. The molecule has 2 aromatic rings. The van der Waals surface area contributed by atoms with Crippen molar-refractivity contribution in [2.45, 2.75) is 11.3 Å². The number of thioether (sulfide) groups is 1. The van der Waals surface area contributed by atoms with E-state index in [0.717, 1.165) is 27.1 Å². The van der Waals surface area contributed by atoms with Crippen LogP contribution in [0, 0.1) is 0 Å². The second kappa shape index (κ2) is 6.29. The molecule has 0 unspecified atom stereocenters. The normalized spacial score (nSPS) is 10.5. The summed E-state index contributed by atoms with van der Waals surface area (Å²) in [5, 5.41) is 1.49. The van der Waals surface area contributed by atoms with E-state index in [1.807, 2.05) is 24.5 Å². The number of hydrogen-bond acceptors (Lipinski definition) is 1. The van der Waals surface area contributed by atoms with E-state index in [1.165, 1.54) is 5.56 Å². The summed E-state index contributed by atoms with van der Waals surface area (Å²) in [6.45, 7) is 0. The highest BCUT2D eigenvalue weighted by molar-refractivity contribution is 7.99. The fraction of sp³-hybridized carbons (Fsp3) is 0.154. The Hall–Kier alpha value is -0.700. The van der Waals surface area contributed by atoms with Crippen LogP contribution in [0.1, 0.15) is 5.56 Å². The van der Waals surface area contributed by atoms with Crippen LogP contribution in [0.4, 0.5) is 0 Å². The zero-order valence-electron chi connectivity index (χ0n) is 9.12. The molecule has 1 aromatic heterocycles. The Morgan fingerprint density at radius 2 is 1.82 bits per heavy atom. The van der Waals surface area contributed by atoms with Gasteiger partial charge in [0, 0.05) is 27.8 Å². The zero-order chi connectivity index (χ0) is 12.1. The van der Waals surface area contributed by atoms with Crippen LogP contribution in [0.15, 0.2) is 47.6 Å². The monoisotopic (exact) mass is 284 g/mol. The van der Waals surface area contributed by atoms with Crippen molar-refractivity contribution in [1.82, 2.24) is 0 Å². The Morgan fingerprint density at radius 1 is 1.06 bits per heavy atom. The molecule has 0 atom stereocenters. The molecule has 0 aliphatic rings. The predicted molar refractivity (Wildman–Crippen MR) is 73.9 cm³/mol. The van der Waals surface area contributed by atoms with Crippen molar-refractivity contribution in [3.05, 3.63) is 58.3 Å². The van der Waals surface area contributed by atoms with Crippen molar-refractivity contribution in [1.29, 1.82) is 0 Å². The van der Waals surface area contributed by atoms with E-state index in [9.17, 15) is 0 Å². The Balaban J connectivity index is 1.92. The molecule has 4 heteroatoms. The minimum atomic E-state index is 0.728. The van der Waals surface area contributed by atoms with Crippen molar-refractivity contribution in [2.75, 3.05) is 5.75 Å². The highest BCUT2D eigenvalue weighted by Crippen LogP contribution is 2.30. The molecule has 2 rings (SSSR count). The molecule has 88 valence electrons. The van der Waals surface area contributed by atoms with Crippen molar-refractivity contribution >= 4 is 35.0 Å². The van der Waals surface area contributed by atoms with E-state index in [2.05, 4.69) is 17.1 Å². The molecule has 0 fully saturated rings. The Labute approximate surface area is 115 Å². The third kappa shape index (κ3) is 3.91. The highest BCUT2D eigenvalue weighted by Gasteiger charge is 2.02. The van der Waals surface area contributed by atoms with Crippen LogP contribution in [-0.4, -0.2) is 5.75 Å². The van der Waals surface area contributed by atoms with Crippen LogP contribution < -0.4 is 4.98 Å². The number of nitrogens with one attached hydrogen (secondary N) is 1. The molecule has 0 saturated carbocycles.